The third kappa shape index (κ3) is 2.21. The molecule has 0 saturated carbocycles. The van der Waals surface area contributed by atoms with E-state index in [1.807, 2.05) is 0 Å². The molecule has 0 aliphatic heterocycles. The summed E-state index contributed by atoms with van der Waals surface area (Å²) in [4.78, 5) is 14.7. The summed E-state index contributed by atoms with van der Waals surface area (Å²) in [6, 6.07) is 4.97. The van der Waals surface area contributed by atoms with Crippen LogP contribution in [0.25, 0.3) is 11.5 Å². The maximum absolute atomic E-state index is 11.0. The van der Waals surface area contributed by atoms with Crippen LogP contribution in [0.4, 0.5) is 5.69 Å². The molecule has 94 valence electrons. The fraction of sp³-hybridized carbons (Fsp3) is 0.273. The topological polar surface area (TPSA) is 108 Å². The zero-order chi connectivity index (χ0) is 13.1. The van der Waals surface area contributed by atoms with E-state index in [4.69, 9.17) is 10.3 Å². The van der Waals surface area contributed by atoms with Crippen molar-refractivity contribution in [3.63, 3.8) is 0 Å². The van der Waals surface area contributed by atoms with E-state index in [1.165, 1.54) is 0 Å². The van der Waals surface area contributed by atoms with Gasteiger partial charge in [0.05, 0.1) is 4.92 Å². The molecule has 0 aliphatic rings. The first kappa shape index (κ1) is 12.2. The van der Waals surface area contributed by atoms with Gasteiger partial charge in [0.15, 0.2) is 5.82 Å². The minimum atomic E-state index is -0.447. The highest BCUT2D eigenvalue weighted by molar-refractivity contribution is 5.69. The maximum atomic E-state index is 11.0. The monoisotopic (exact) mass is 248 g/mol. The van der Waals surface area contributed by atoms with Gasteiger partial charge in [0, 0.05) is 12.0 Å². The van der Waals surface area contributed by atoms with Gasteiger partial charge in [-0.05, 0) is 19.5 Å². The van der Waals surface area contributed by atoms with Crippen molar-refractivity contribution in [3.8, 4) is 11.5 Å². The lowest BCUT2D eigenvalue weighted by Crippen LogP contribution is -2.03. The molecular weight excluding hydrogens is 236 g/mol. The van der Waals surface area contributed by atoms with Gasteiger partial charge in [0.25, 0.3) is 11.6 Å². The third-order valence-electron chi connectivity index (χ3n) is 2.49. The molecule has 2 N–H and O–H groups in total. The molecule has 0 unspecified atom stereocenters. The summed E-state index contributed by atoms with van der Waals surface area (Å²) in [5.74, 6) is 0.595. The third-order valence-corrected chi connectivity index (χ3v) is 2.49. The predicted octanol–water partition coefficient (Wildman–Crippen LogP) is 1.45. The van der Waals surface area contributed by atoms with Crippen molar-refractivity contribution in [2.45, 2.75) is 13.3 Å². The quantitative estimate of drug-likeness (QED) is 0.648. The van der Waals surface area contributed by atoms with Gasteiger partial charge in [0.1, 0.15) is 5.56 Å². The summed E-state index contributed by atoms with van der Waals surface area (Å²) in [6.07, 6.45) is 0.475. The number of hydrogen-bond donors (Lipinski definition) is 1. The zero-order valence-corrected chi connectivity index (χ0v) is 9.79. The molecule has 0 aliphatic carbocycles. The second kappa shape index (κ2) is 4.92. The maximum Gasteiger partial charge on any atom is 0.285 e. The van der Waals surface area contributed by atoms with Gasteiger partial charge in [-0.2, -0.15) is 4.98 Å². The van der Waals surface area contributed by atoms with Crippen molar-refractivity contribution >= 4 is 5.69 Å². The van der Waals surface area contributed by atoms with Crippen molar-refractivity contribution in [3.05, 3.63) is 39.7 Å². The highest BCUT2D eigenvalue weighted by atomic mass is 16.6. The summed E-state index contributed by atoms with van der Waals surface area (Å²) in [5, 5.41) is 14.8. The lowest BCUT2D eigenvalue weighted by molar-refractivity contribution is -0.384. The SMILES string of the molecule is Cc1cccc(-c2nc(CCN)no2)c1[N+](=O)[O-]. The standard InChI is InChI=1S/C11H12N4O3/c1-7-3-2-4-8(10(7)15(16)17)11-13-9(5-6-12)14-18-11/h2-4H,5-6,12H2,1H3. The Kier molecular flexibility index (Phi) is 3.33. The molecule has 7 heteroatoms. The number of aromatic nitrogens is 2. The second-order valence-corrected chi connectivity index (χ2v) is 3.78. The molecule has 1 aromatic carbocycles. The van der Waals surface area contributed by atoms with Gasteiger partial charge in [0.2, 0.25) is 0 Å². The van der Waals surface area contributed by atoms with E-state index >= 15 is 0 Å². The van der Waals surface area contributed by atoms with Crippen molar-refractivity contribution in [1.29, 1.82) is 0 Å². The Bertz CT molecular complexity index is 579. The minimum Gasteiger partial charge on any atom is -0.334 e. The van der Waals surface area contributed by atoms with E-state index < -0.39 is 4.92 Å². The molecule has 0 amide bonds. The van der Waals surface area contributed by atoms with Crippen molar-refractivity contribution < 1.29 is 9.45 Å². The fourth-order valence-electron chi connectivity index (χ4n) is 1.67. The Morgan fingerprint density at radius 2 is 2.28 bits per heavy atom. The zero-order valence-electron chi connectivity index (χ0n) is 9.79. The Hall–Kier alpha value is -2.28. The largest absolute Gasteiger partial charge is 0.334 e. The Morgan fingerprint density at radius 1 is 1.50 bits per heavy atom. The molecule has 0 radical (unpaired) electrons. The van der Waals surface area contributed by atoms with E-state index in [0.717, 1.165) is 0 Å². The fourth-order valence-corrected chi connectivity index (χ4v) is 1.67. The van der Waals surface area contributed by atoms with Crippen LogP contribution in [0.15, 0.2) is 22.7 Å². The van der Waals surface area contributed by atoms with Gasteiger partial charge < -0.3 is 10.3 Å². The molecule has 0 fully saturated rings. The van der Waals surface area contributed by atoms with E-state index in [-0.39, 0.29) is 11.6 Å². The van der Waals surface area contributed by atoms with E-state index in [0.29, 0.717) is 29.9 Å². The first-order valence-electron chi connectivity index (χ1n) is 5.40. The second-order valence-electron chi connectivity index (χ2n) is 3.78. The Morgan fingerprint density at radius 3 is 2.94 bits per heavy atom. The van der Waals surface area contributed by atoms with Crippen LogP contribution in [0, 0.1) is 17.0 Å². The van der Waals surface area contributed by atoms with Crippen LogP contribution in [0.3, 0.4) is 0 Å². The average molecular weight is 248 g/mol. The van der Waals surface area contributed by atoms with E-state index in [2.05, 4.69) is 10.1 Å². The highest BCUT2D eigenvalue weighted by Crippen LogP contribution is 2.31. The van der Waals surface area contributed by atoms with Crippen LogP contribution in [0.5, 0.6) is 0 Å². The summed E-state index contributed by atoms with van der Waals surface area (Å²) in [5.41, 5.74) is 6.25. The van der Waals surface area contributed by atoms with Gasteiger partial charge in [-0.15, -0.1) is 0 Å². The number of benzene rings is 1. The molecule has 2 rings (SSSR count). The summed E-state index contributed by atoms with van der Waals surface area (Å²) >= 11 is 0. The molecule has 0 saturated heterocycles. The van der Waals surface area contributed by atoms with Gasteiger partial charge in [-0.1, -0.05) is 17.3 Å². The Balaban J connectivity index is 2.49. The van der Waals surface area contributed by atoms with Crippen molar-refractivity contribution in [2.24, 2.45) is 5.73 Å². The van der Waals surface area contributed by atoms with Crippen LogP contribution in [-0.4, -0.2) is 21.6 Å². The molecule has 0 atom stereocenters. The van der Waals surface area contributed by atoms with Crippen LogP contribution in [0.2, 0.25) is 0 Å². The number of nitro groups is 1. The predicted molar refractivity (Wildman–Crippen MR) is 63.9 cm³/mol. The molecule has 0 spiro atoms. The van der Waals surface area contributed by atoms with Crippen LogP contribution in [0.1, 0.15) is 11.4 Å². The van der Waals surface area contributed by atoms with Gasteiger partial charge >= 0.3 is 0 Å². The van der Waals surface area contributed by atoms with E-state index in [9.17, 15) is 10.1 Å². The van der Waals surface area contributed by atoms with Crippen molar-refractivity contribution in [1.82, 2.24) is 10.1 Å². The number of aryl methyl sites for hydroxylation is 1. The first-order chi connectivity index (χ1) is 8.63. The van der Waals surface area contributed by atoms with Crippen LogP contribution >= 0.6 is 0 Å². The number of nitrogens with zero attached hydrogens (tertiary/aromatic N) is 3. The molecule has 7 nitrogen and oxygen atoms in total. The summed E-state index contributed by atoms with van der Waals surface area (Å²) < 4.78 is 5.03. The number of nitro benzene ring substituents is 1. The summed E-state index contributed by atoms with van der Waals surface area (Å²) in [7, 11) is 0. The normalized spacial score (nSPS) is 10.6. The number of nitrogens with two attached hydrogens (primary N) is 1. The van der Waals surface area contributed by atoms with Crippen LogP contribution in [-0.2, 0) is 6.42 Å². The summed E-state index contributed by atoms with van der Waals surface area (Å²) in [6.45, 7) is 2.06. The highest BCUT2D eigenvalue weighted by Gasteiger charge is 2.22. The molecule has 1 heterocycles. The number of rotatable bonds is 4. The Labute approximate surface area is 103 Å². The lowest BCUT2D eigenvalue weighted by Gasteiger charge is -2.00. The van der Waals surface area contributed by atoms with Gasteiger partial charge in [-0.3, -0.25) is 10.1 Å². The molecular formula is C11H12N4O3. The van der Waals surface area contributed by atoms with Crippen molar-refractivity contribution in [2.75, 3.05) is 6.54 Å². The van der Waals surface area contributed by atoms with Gasteiger partial charge in [-0.25, -0.2) is 0 Å². The molecule has 0 bridgehead atoms. The number of para-hydroxylation sites is 1. The van der Waals surface area contributed by atoms with E-state index in [1.54, 1.807) is 25.1 Å². The smallest absolute Gasteiger partial charge is 0.285 e. The average Bonchev–Trinajstić information content (AvgIpc) is 2.77. The number of hydrogen-bond acceptors (Lipinski definition) is 6. The van der Waals surface area contributed by atoms with Crippen LogP contribution < -0.4 is 5.73 Å². The molecule has 1 aromatic heterocycles. The minimum absolute atomic E-state index is 0.0135. The first-order valence-corrected chi connectivity index (χ1v) is 5.40. The molecule has 18 heavy (non-hydrogen) atoms. The lowest BCUT2D eigenvalue weighted by atomic mass is 10.1. The molecule has 2 aromatic rings.